The van der Waals surface area contributed by atoms with Gasteiger partial charge in [0.05, 0.1) is 5.41 Å². The standard InChI is InChI=1S/C30H34N2/c1-21-19-22(2)28-25(20-21)32(7)27(30(28,5)6)18-12-10-8-9-11-17-26-29(3,4)23-15-13-14-16-24(23)31-26/h8-20H,1-7H3/p+1. The summed E-state index contributed by atoms with van der Waals surface area (Å²) in [5.74, 6) is 0. The number of anilines is 1. The second-order valence-electron chi connectivity index (χ2n) is 10.1. The number of hydrogen-bond acceptors (Lipinski definition) is 1. The molecule has 0 saturated heterocycles. The monoisotopic (exact) mass is 423 g/mol. The molecule has 32 heavy (non-hydrogen) atoms. The Morgan fingerprint density at radius 2 is 1.53 bits per heavy atom. The summed E-state index contributed by atoms with van der Waals surface area (Å²) in [6.45, 7) is 13.6. The first-order chi connectivity index (χ1) is 15.1. The topological polar surface area (TPSA) is 15.0 Å². The third-order valence-corrected chi connectivity index (χ3v) is 6.95. The Kier molecular flexibility index (Phi) is 5.58. The maximum atomic E-state index is 3.56. The average Bonchev–Trinajstić information content (AvgIpc) is 3.09. The van der Waals surface area contributed by atoms with Gasteiger partial charge in [0.1, 0.15) is 7.05 Å². The highest BCUT2D eigenvalue weighted by molar-refractivity contribution is 6.03. The molecule has 2 aliphatic rings. The van der Waals surface area contributed by atoms with E-state index < -0.39 is 0 Å². The summed E-state index contributed by atoms with van der Waals surface area (Å²) in [7, 11) is 2.18. The Morgan fingerprint density at radius 3 is 2.28 bits per heavy atom. The van der Waals surface area contributed by atoms with Crippen molar-refractivity contribution >= 4 is 17.1 Å². The van der Waals surface area contributed by atoms with Crippen molar-refractivity contribution in [3.63, 3.8) is 0 Å². The quantitative estimate of drug-likeness (QED) is 0.404. The molecule has 164 valence electrons. The van der Waals surface area contributed by atoms with Gasteiger partial charge in [0.2, 0.25) is 5.69 Å². The summed E-state index contributed by atoms with van der Waals surface area (Å²) in [4.78, 5) is 0. The van der Waals surface area contributed by atoms with E-state index in [1.165, 1.54) is 45.0 Å². The summed E-state index contributed by atoms with van der Waals surface area (Å²) in [5, 5.41) is 3.56. The SMILES string of the molecule is Cc1cc(C)c2c(c1)[N+](C)=C(/C=C/C=C/C=C/C=C1\Nc3ccccc3C1(C)C)C2(C)C. The van der Waals surface area contributed by atoms with Crippen LogP contribution in [0.2, 0.25) is 0 Å². The van der Waals surface area contributed by atoms with E-state index in [2.05, 4.69) is 137 Å². The van der Waals surface area contributed by atoms with Crippen molar-refractivity contribution in [1.29, 1.82) is 0 Å². The second kappa shape index (κ2) is 8.09. The van der Waals surface area contributed by atoms with E-state index in [4.69, 9.17) is 0 Å². The fourth-order valence-electron chi connectivity index (χ4n) is 5.34. The van der Waals surface area contributed by atoms with Crippen LogP contribution < -0.4 is 5.32 Å². The lowest BCUT2D eigenvalue weighted by Crippen LogP contribution is -2.27. The van der Waals surface area contributed by atoms with Gasteiger partial charge in [-0.05, 0) is 56.5 Å². The summed E-state index contributed by atoms with van der Waals surface area (Å²) < 4.78 is 2.34. The van der Waals surface area contributed by atoms with Crippen molar-refractivity contribution in [1.82, 2.24) is 0 Å². The predicted molar refractivity (Wildman–Crippen MR) is 138 cm³/mol. The van der Waals surface area contributed by atoms with Crippen molar-refractivity contribution in [2.75, 3.05) is 12.4 Å². The Bertz CT molecular complexity index is 1210. The molecule has 2 heteroatoms. The molecule has 0 aliphatic carbocycles. The number of rotatable bonds is 4. The molecule has 4 rings (SSSR count). The van der Waals surface area contributed by atoms with Crippen molar-refractivity contribution in [3.8, 4) is 0 Å². The van der Waals surface area contributed by atoms with Crippen LogP contribution in [0.25, 0.3) is 0 Å². The summed E-state index contributed by atoms with van der Waals surface area (Å²) >= 11 is 0. The molecular formula is C30H35N2+. The first-order valence-electron chi connectivity index (χ1n) is 11.5. The van der Waals surface area contributed by atoms with Gasteiger partial charge in [-0.15, -0.1) is 0 Å². The highest BCUT2D eigenvalue weighted by atomic mass is 15.0. The molecule has 0 aromatic heterocycles. The number of nitrogens with one attached hydrogen (secondary N) is 1. The van der Waals surface area contributed by atoms with E-state index in [-0.39, 0.29) is 10.8 Å². The fraction of sp³-hybridized carbons (Fsp3) is 0.300. The van der Waals surface area contributed by atoms with E-state index >= 15 is 0 Å². The highest BCUT2D eigenvalue weighted by Crippen LogP contribution is 2.43. The van der Waals surface area contributed by atoms with Crippen molar-refractivity contribution in [2.45, 2.75) is 52.4 Å². The van der Waals surface area contributed by atoms with Gasteiger partial charge >= 0.3 is 0 Å². The van der Waals surface area contributed by atoms with E-state index in [0.717, 1.165) is 0 Å². The van der Waals surface area contributed by atoms with Crippen LogP contribution in [0.4, 0.5) is 11.4 Å². The maximum Gasteiger partial charge on any atom is 0.210 e. The zero-order valence-corrected chi connectivity index (χ0v) is 20.5. The average molecular weight is 424 g/mol. The number of benzene rings is 2. The summed E-state index contributed by atoms with van der Waals surface area (Å²) in [5.41, 5.74) is 10.6. The molecule has 0 saturated carbocycles. The minimum atomic E-state index is 0.00119. The Labute approximate surface area is 193 Å². The number of fused-ring (bicyclic) bond motifs is 2. The molecule has 2 aromatic carbocycles. The minimum absolute atomic E-state index is 0.00119. The van der Waals surface area contributed by atoms with Crippen LogP contribution >= 0.6 is 0 Å². The smallest absolute Gasteiger partial charge is 0.210 e. The molecule has 0 fully saturated rings. The van der Waals surface area contributed by atoms with Gasteiger partial charge in [-0.25, -0.2) is 0 Å². The zero-order valence-electron chi connectivity index (χ0n) is 20.5. The van der Waals surface area contributed by atoms with Crippen molar-refractivity contribution in [2.24, 2.45) is 0 Å². The van der Waals surface area contributed by atoms with Crippen LogP contribution in [0.1, 0.15) is 49.9 Å². The Hall–Kier alpha value is -3.13. The number of nitrogens with zero attached hydrogens (tertiary/aromatic N) is 1. The van der Waals surface area contributed by atoms with Crippen LogP contribution in [0.15, 0.2) is 84.6 Å². The van der Waals surface area contributed by atoms with Crippen LogP contribution in [0.3, 0.4) is 0 Å². The lowest BCUT2D eigenvalue weighted by Gasteiger charge is -2.19. The van der Waals surface area contributed by atoms with E-state index in [1.54, 1.807) is 0 Å². The molecule has 0 amide bonds. The van der Waals surface area contributed by atoms with Gasteiger partial charge in [-0.3, -0.25) is 0 Å². The molecule has 0 bridgehead atoms. The molecule has 2 aliphatic heterocycles. The number of allylic oxidation sites excluding steroid dienone is 8. The van der Waals surface area contributed by atoms with Gasteiger partial charge in [0.25, 0.3) is 0 Å². The zero-order chi connectivity index (χ0) is 23.1. The van der Waals surface area contributed by atoms with E-state index in [9.17, 15) is 0 Å². The van der Waals surface area contributed by atoms with Gasteiger partial charge in [-0.2, -0.15) is 4.58 Å². The molecular weight excluding hydrogens is 388 g/mol. The second-order valence-corrected chi connectivity index (χ2v) is 10.1. The fourth-order valence-corrected chi connectivity index (χ4v) is 5.34. The third kappa shape index (κ3) is 3.68. The lowest BCUT2D eigenvalue weighted by atomic mass is 9.79. The van der Waals surface area contributed by atoms with Crippen LogP contribution in [0, 0.1) is 13.8 Å². The van der Waals surface area contributed by atoms with Crippen molar-refractivity contribution in [3.05, 3.63) is 107 Å². The molecule has 2 heterocycles. The van der Waals surface area contributed by atoms with Gasteiger partial charge in [-0.1, -0.05) is 68.5 Å². The Morgan fingerprint density at radius 1 is 0.844 bits per heavy atom. The number of aryl methyl sites for hydroxylation is 2. The maximum absolute atomic E-state index is 3.56. The van der Waals surface area contributed by atoms with Gasteiger partial charge in [0.15, 0.2) is 5.71 Å². The Balaban J connectivity index is 1.46. The van der Waals surface area contributed by atoms with Gasteiger partial charge < -0.3 is 5.32 Å². The predicted octanol–water partition coefficient (Wildman–Crippen LogP) is 7.27. The molecule has 0 spiro atoms. The van der Waals surface area contributed by atoms with Gasteiger partial charge in [0, 0.05) is 34.5 Å². The highest BCUT2D eigenvalue weighted by Gasteiger charge is 2.44. The largest absolute Gasteiger partial charge is 0.358 e. The lowest BCUT2D eigenvalue weighted by molar-refractivity contribution is -0.401. The number of hydrogen-bond donors (Lipinski definition) is 1. The summed E-state index contributed by atoms with van der Waals surface area (Å²) in [6.07, 6.45) is 15.0. The summed E-state index contributed by atoms with van der Waals surface area (Å²) in [6, 6.07) is 13.1. The van der Waals surface area contributed by atoms with Crippen LogP contribution in [-0.4, -0.2) is 17.3 Å². The van der Waals surface area contributed by atoms with E-state index in [0.29, 0.717) is 0 Å². The molecule has 1 N–H and O–H groups in total. The number of para-hydroxylation sites is 1. The molecule has 0 radical (unpaired) electrons. The molecule has 0 atom stereocenters. The third-order valence-electron chi connectivity index (χ3n) is 6.95. The molecule has 0 unspecified atom stereocenters. The first kappa shape index (κ1) is 22.1. The molecule has 2 aromatic rings. The van der Waals surface area contributed by atoms with Crippen molar-refractivity contribution < 1.29 is 4.58 Å². The first-order valence-corrected chi connectivity index (χ1v) is 11.5. The van der Waals surface area contributed by atoms with Crippen LogP contribution in [-0.2, 0) is 10.8 Å². The van der Waals surface area contributed by atoms with Crippen LogP contribution in [0.5, 0.6) is 0 Å². The molecule has 2 nitrogen and oxygen atoms in total. The van der Waals surface area contributed by atoms with E-state index in [1.807, 2.05) is 0 Å². The minimum Gasteiger partial charge on any atom is -0.358 e. The normalized spacial score (nSPS) is 20.0.